The van der Waals surface area contributed by atoms with E-state index in [4.69, 9.17) is 4.98 Å². The average molecular weight is 544 g/mol. The van der Waals surface area contributed by atoms with Crippen LogP contribution in [0.4, 0.5) is 0 Å². The van der Waals surface area contributed by atoms with Crippen LogP contribution in [0, 0.1) is 5.92 Å². The van der Waals surface area contributed by atoms with Crippen molar-refractivity contribution in [2.75, 3.05) is 27.2 Å². The van der Waals surface area contributed by atoms with Crippen molar-refractivity contribution in [2.45, 2.75) is 78.3 Å². The van der Waals surface area contributed by atoms with Crippen molar-refractivity contribution in [2.24, 2.45) is 5.92 Å². The van der Waals surface area contributed by atoms with E-state index < -0.39 is 6.04 Å². The molecule has 38 heavy (non-hydrogen) atoms. The average Bonchev–Trinajstić information content (AvgIpc) is 3.26. The van der Waals surface area contributed by atoms with Crippen LogP contribution in [0.3, 0.4) is 0 Å². The quantitative estimate of drug-likeness (QED) is 0.295. The summed E-state index contributed by atoms with van der Waals surface area (Å²) in [5.41, 5.74) is 2.60. The zero-order chi connectivity index (χ0) is 28.4. The highest BCUT2D eigenvalue weighted by molar-refractivity contribution is 7.18. The van der Waals surface area contributed by atoms with E-state index in [1.165, 1.54) is 5.56 Å². The van der Waals surface area contributed by atoms with Gasteiger partial charge in [0.2, 0.25) is 17.7 Å². The van der Waals surface area contributed by atoms with E-state index in [1.54, 1.807) is 11.3 Å². The van der Waals surface area contributed by atoms with Crippen LogP contribution in [-0.2, 0) is 20.8 Å². The molecule has 0 radical (unpaired) electrons. The van der Waals surface area contributed by atoms with Crippen molar-refractivity contribution in [1.29, 1.82) is 0 Å². The standard InChI is InChI=1S/C29H45N5O3S/c1-9-11-26(35)31-23(15-27-32-22-13-12-21(18(3)4)14-25(22)38-27)29(37)33-24(19(5)10-2)16-30-28(36)20(6)17-34(7)8/h12-14,18-19,23-24H,6,9-11,15-17H2,1-5,7-8H3,(H,30,36)(H,31,35)(H,33,37)/t19-,23-,24?/m0/s1. The summed E-state index contributed by atoms with van der Waals surface area (Å²) in [4.78, 5) is 45.2. The highest BCUT2D eigenvalue weighted by atomic mass is 32.1. The van der Waals surface area contributed by atoms with E-state index >= 15 is 0 Å². The van der Waals surface area contributed by atoms with Gasteiger partial charge in [-0.1, -0.05) is 53.7 Å². The largest absolute Gasteiger partial charge is 0.350 e. The molecule has 0 saturated heterocycles. The second kappa shape index (κ2) is 15.0. The van der Waals surface area contributed by atoms with Crippen molar-refractivity contribution in [1.82, 2.24) is 25.8 Å². The fourth-order valence-electron chi connectivity index (χ4n) is 4.06. The first-order valence-electron chi connectivity index (χ1n) is 13.5. The number of amides is 3. The van der Waals surface area contributed by atoms with Gasteiger partial charge in [-0.05, 0) is 50.0 Å². The van der Waals surface area contributed by atoms with Crippen LogP contribution in [0.25, 0.3) is 10.2 Å². The molecule has 1 unspecified atom stereocenters. The second-order valence-corrected chi connectivity index (χ2v) is 11.7. The summed E-state index contributed by atoms with van der Waals surface area (Å²) in [6.45, 7) is 14.9. The Morgan fingerprint density at radius 1 is 1.11 bits per heavy atom. The number of rotatable bonds is 15. The van der Waals surface area contributed by atoms with Crippen LogP contribution in [0.1, 0.15) is 70.4 Å². The van der Waals surface area contributed by atoms with E-state index in [0.717, 1.165) is 21.6 Å². The third kappa shape index (κ3) is 9.51. The van der Waals surface area contributed by atoms with E-state index in [0.29, 0.717) is 37.3 Å². The van der Waals surface area contributed by atoms with Gasteiger partial charge in [0.1, 0.15) is 6.04 Å². The predicted molar refractivity (Wildman–Crippen MR) is 156 cm³/mol. The van der Waals surface area contributed by atoms with E-state index in [-0.39, 0.29) is 36.2 Å². The summed E-state index contributed by atoms with van der Waals surface area (Å²) in [6.07, 6.45) is 2.16. The molecule has 0 aliphatic heterocycles. The smallest absolute Gasteiger partial charge is 0.247 e. The van der Waals surface area contributed by atoms with Crippen LogP contribution in [0.5, 0.6) is 0 Å². The number of carbonyl (C=O) groups is 3. The number of fused-ring (bicyclic) bond motifs is 1. The maximum absolute atomic E-state index is 13.5. The first-order chi connectivity index (χ1) is 17.9. The predicted octanol–water partition coefficient (Wildman–Crippen LogP) is 4.01. The summed E-state index contributed by atoms with van der Waals surface area (Å²) < 4.78 is 1.07. The zero-order valence-corrected chi connectivity index (χ0v) is 24.8. The van der Waals surface area contributed by atoms with Gasteiger partial charge in [-0.15, -0.1) is 11.3 Å². The lowest BCUT2D eigenvalue weighted by Crippen LogP contribution is -2.54. The number of nitrogens with one attached hydrogen (secondary N) is 3. The molecule has 0 aliphatic carbocycles. The zero-order valence-electron chi connectivity index (χ0n) is 24.0. The van der Waals surface area contributed by atoms with E-state index in [9.17, 15) is 14.4 Å². The minimum atomic E-state index is -0.759. The summed E-state index contributed by atoms with van der Waals surface area (Å²) >= 11 is 1.55. The van der Waals surface area contributed by atoms with Crippen LogP contribution in [0.2, 0.25) is 0 Å². The summed E-state index contributed by atoms with van der Waals surface area (Å²) in [5, 5.41) is 9.72. The maximum atomic E-state index is 13.5. The van der Waals surface area contributed by atoms with Gasteiger partial charge in [0.25, 0.3) is 0 Å². The van der Waals surface area contributed by atoms with Gasteiger partial charge >= 0.3 is 0 Å². The Bertz CT molecular complexity index is 1110. The third-order valence-electron chi connectivity index (χ3n) is 6.60. The van der Waals surface area contributed by atoms with Crippen LogP contribution in [-0.4, -0.2) is 66.9 Å². The Morgan fingerprint density at radius 2 is 1.82 bits per heavy atom. The Balaban J connectivity index is 2.20. The van der Waals surface area contributed by atoms with Crippen molar-refractivity contribution in [3.63, 3.8) is 0 Å². The molecule has 2 aromatic rings. The van der Waals surface area contributed by atoms with Gasteiger partial charge in [0, 0.05) is 37.5 Å². The number of likely N-dealkylation sites (N-methyl/N-ethyl adjacent to an activating group) is 1. The molecule has 0 saturated carbocycles. The number of thiazole rings is 1. The summed E-state index contributed by atoms with van der Waals surface area (Å²) in [6, 6.07) is 5.20. The van der Waals surface area contributed by atoms with E-state index in [2.05, 4.69) is 48.5 Å². The number of hydrogen-bond acceptors (Lipinski definition) is 6. The monoisotopic (exact) mass is 543 g/mol. The molecule has 0 aliphatic rings. The van der Waals surface area contributed by atoms with Crippen LogP contribution >= 0.6 is 11.3 Å². The lowest BCUT2D eigenvalue weighted by atomic mass is 9.98. The molecule has 1 aromatic heterocycles. The number of nitrogens with zero attached hydrogens (tertiary/aromatic N) is 2. The number of hydrogen-bond donors (Lipinski definition) is 3. The highest BCUT2D eigenvalue weighted by Gasteiger charge is 2.27. The minimum Gasteiger partial charge on any atom is -0.350 e. The topological polar surface area (TPSA) is 103 Å². The van der Waals surface area contributed by atoms with Gasteiger partial charge in [-0.3, -0.25) is 14.4 Å². The third-order valence-corrected chi connectivity index (χ3v) is 7.64. The van der Waals surface area contributed by atoms with Gasteiger partial charge in [-0.25, -0.2) is 4.98 Å². The van der Waals surface area contributed by atoms with Crippen molar-refractivity contribution in [3.8, 4) is 0 Å². The van der Waals surface area contributed by atoms with Crippen LogP contribution < -0.4 is 16.0 Å². The molecule has 3 atom stereocenters. The maximum Gasteiger partial charge on any atom is 0.247 e. The number of aromatic nitrogens is 1. The van der Waals surface area contributed by atoms with Gasteiger partial charge in [0.15, 0.2) is 0 Å². The Hall–Kier alpha value is -2.78. The molecule has 210 valence electrons. The molecule has 0 spiro atoms. The molecule has 8 nitrogen and oxygen atoms in total. The molecular weight excluding hydrogens is 498 g/mol. The van der Waals surface area contributed by atoms with Gasteiger partial charge in [-0.2, -0.15) is 0 Å². The Morgan fingerprint density at radius 3 is 2.42 bits per heavy atom. The minimum absolute atomic E-state index is 0.116. The normalized spacial score (nSPS) is 13.8. The van der Waals surface area contributed by atoms with Crippen molar-refractivity contribution < 1.29 is 14.4 Å². The van der Waals surface area contributed by atoms with Gasteiger partial charge in [0.05, 0.1) is 15.2 Å². The molecule has 0 bridgehead atoms. The highest BCUT2D eigenvalue weighted by Crippen LogP contribution is 2.27. The molecule has 1 heterocycles. The lowest BCUT2D eigenvalue weighted by molar-refractivity contribution is -0.129. The second-order valence-electron chi connectivity index (χ2n) is 10.6. The van der Waals surface area contributed by atoms with Crippen molar-refractivity contribution in [3.05, 3.63) is 40.9 Å². The molecule has 3 amide bonds. The molecular formula is C29H45N5O3S. The van der Waals surface area contributed by atoms with Crippen molar-refractivity contribution >= 4 is 39.3 Å². The Kier molecular flexibility index (Phi) is 12.4. The molecule has 3 N–H and O–H groups in total. The number of carbonyl (C=O) groups excluding carboxylic acids is 3. The SMILES string of the molecule is C=C(CN(C)C)C(=O)NCC(NC(=O)[C@H](Cc1nc2ccc(C(C)C)cc2s1)NC(=O)CCC)[C@@H](C)CC. The summed E-state index contributed by atoms with van der Waals surface area (Å²) in [7, 11) is 3.75. The van der Waals surface area contributed by atoms with E-state index in [1.807, 2.05) is 45.8 Å². The number of benzene rings is 1. The molecule has 2 rings (SSSR count). The fourth-order valence-corrected chi connectivity index (χ4v) is 5.12. The first kappa shape index (κ1) is 31.4. The Labute approximate surface area is 231 Å². The van der Waals surface area contributed by atoms with Gasteiger partial charge < -0.3 is 20.9 Å². The fraction of sp³-hybridized carbons (Fsp3) is 0.586. The molecule has 0 fully saturated rings. The summed E-state index contributed by atoms with van der Waals surface area (Å²) in [5.74, 6) is -0.142. The van der Waals surface area contributed by atoms with Crippen LogP contribution in [0.15, 0.2) is 30.4 Å². The lowest BCUT2D eigenvalue weighted by Gasteiger charge is -2.27. The molecule has 1 aromatic carbocycles. The first-order valence-corrected chi connectivity index (χ1v) is 14.4. The molecule has 9 heteroatoms.